The van der Waals surface area contributed by atoms with Crippen molar-refractivity contribution in [3.05, 3.63) is 96.3 Å². The summed E-state index contributed by atoms with van der Waals surface area (Å²) >= 11 is 0. The molecule has 1 aromatic heterocycles. The maximum absolute atomic E-state index is 4.68. The second-order valence-corrected chi connectivity index (χ2v) is 7.20. The molecule has 1 heterocycles. The Kier molecular flexibility index (Phi) is 4.64. The molecule has 0 amide bonds. The fraction of sp³-hybridized carbons (Fsp3) is 0.160. The second-order valence-electron chi connectivity index (χ2n) is 7.20. The van der Waals surface area contributed by atoms with Crippen molar-refractivity contribution >= 4 is 0 Å². The van der Waals surface area contributed by atoms with E-state index in [4.69, 9.17) is 0 Å². The Morgan fingerprint density at radius 2 is 1.48 bits per heavy atom. The summed E-state index contributed by atoms with van der Waals surface area (Å²) in [6, 6.07) is 25.6. The molecule has 0 N–H and O–H groups in total. The summed E-state index contributed by atoms with van der Waals surface area (Å²) in [7, 11) is 0. The Hall–Kier alpha value is -3.13. The molecule has 0 unspecified atom stereocenters. The lowest BCUT2D eigenvalue weighted by atomic mass is 9.92. The van der Waals surface area contributed by atoms with Crippen molar-refractivity contribution in [3.8, 4) is 28.2 Å². The van der Waals surface area contributed by atoms with Crippen LogP contribution in [0.1, 0.15) is 30.9 Å². The Bertz CT molecular complexity index is 1060. The van der Waals surface area contributed by atoms with Gasteiger partial charge in [-0.05, 0) is 29.5 Å². The van der Waals surface area contributed by atoms with Crippen LogP contribution in [0.4, 0.5) is 0 Å². The third-order valence-electron chi connectivity index (χ3n) is 5.04. The number of benzene rings is 3. The molecule has 4 aromatic rings. The molecule has 0 bridgehead atoms. The molecule has 4 rings (SSSR count). The molecule has 0 aliphatic rings. The van der Waals surface area contributed by atoms with Gasteiger partial charge in [-0.1, -0.05) is 86.6 Å². The van der Waals surface area contributed by atoms with Crippen molar-refractivity contribution in [1.29, 1.82) is 0 Å². The number of aromatic nitrogens is 2. The summed E-state index contributed by atoms with van der Waals surface area (Å²) < 4.78 is 2.24. The van der Waals surface area contributed by atoms with E-state index in [2.05, 4.69) is 103 Å². The third kappa shape index (κ3) is 3.19. The average molecular weight is 352 g/mol. The lowest BCUT2D eigenvalue weighted by Gasteiger charge is -2.21. The van der Waals surface area contributed by atoms with Gasteiger partial charge >= 0.3 is 0 Å². The highest BCUT2D eigenvalue weighted by Crippen LogP contribution is 2.36. The minimum Gasteiger partial charge on any atom is -0.299 e. The van der Waals surface area contributed by atoms with E-state index in [0.29, 0.717) is 5.92 Å². The van der Waals surface area contributed by atoms with Crippen LogP contribution in [0.5, 0.6) is 0 Å². The molecule has 27 heavy (non-hydrogen) atoms. The van der Waals surface area contributed by atoms with E-state index in [1.54, 1.807) is 0 Å². The minimum atomic E-state index is 0.412. The first-order chi connectivity index (χ1) is 13.2. The molecule has 0 saturated heterocycles. The van der Waals surface area contributed by atoms with Gasteiger partial charge in [-0.3, -0.25) is 4.57 Å². The first-order valence-electron chi connectivity index (χ1n) is 9.45. The summed E-state index contributed by atoms with van der Waals surface area (Å²) in [6.45, 7) is 6.67. The third-order valence-corrected chi connectivity index (χ3v) is 5.04. The Labute approximate surface area is 161 Å². The van der Waals surface area contributed by atoms with Gasteiger partial charge in [0, 0.05) is 23.5 Å². The average Bonchev–Trinajstić information content (AvgIpc) is 3.18. The zero-order valence-corrected chi connectivity index (χ0v) is 16.1. The van der Waals surface area contributed by atoms with Crippen molar-refractivity contribution in [2.45, 2.75) is 26.7 Å². The van der Waals surface area contributed by atoms with Crippen LogP contribution in [0.25, 0.3) is 28.2 Å². The molecule has 0 radical (unpaired) electrons. The molecule has 0 spiro atoms. The van der Waals surface area contributed by atoms with Crippen molar-refractivity contribution in [3.63, 3.8) is 0 Å². The molecule has 0 aliphatic carbocycles. The van der Waals surface area contributed by atoms with Gasteiger partial charge in [0.1, 0.15) is 5.82 Å². The molecule has 2 nitrogen and oxygen atoms in total. The number of hydrogen-bond donors (Lipinski definition) is 0. The van der Waals surface area contributed by atoms with Gasteiger partial charge < -0.3 is 0 Å². The largest absolute Gasteiger partial charge is 0.299 e. The number of imidazole rings is 1. The zero-order valence-electron chi connectivity index (χ0n) is 16.1. The van der Waals surface area contributed by atoms with Crippen LogP contribution in [-0.2, 0) is 0 Å². The quantitative estimate of drug-likeness (QED) is 0.402. The van der Waals surface area contributed by atoms with E-state index in [-0.39, 0.29) is 0 Å². The topological polar surface area (TPSA) is 17.8 Å². The van der Waals surface area contributed by atoms with Crippen LogP contribution in [0, 0.1) is 6.92 Å². The maximum atomic E-state index is 4.68. The van der Waals surface area contributed by atoms with E-state index in [9.17, 15) is 0 Å². The fourth-order valence-corrected chi connectivity index (χ4v) is 3.67. The van der Waals surface area contributed by atoms with Crippen molar-refractivity contribution in [2.24, 2.45) is 0 Å². The highest BCUT2D eigenvalue weighted by atomic mass is 15.1. The monoisotopic (exact) mass is 352 g/mol. The Morgan fingerprint density at radius 3 is 2.22 bits per heavy atom. The van der Waals surface area contributed by atoms with E-state index < -0.39 is 0 Å². The van der Waals surface area contributed by atoms with Gasteiger partial charge in [0.05, 0.1) is 5.69 Å². The lowest BCUT2D eigenvalue weighted by molar-refractivity contribution is 0.848. The smallest absolute Gasteiger partial charge is 0.144 e. The summed E-state index contributed by atoms with van der Waals surface area (Å²) in [4.78, 5) is 4.68. The molecule has 3 aromatic carbocycles. The standard InChI is InChI=1S/C25H24N2/c1-18(2)21-14-9-15-23(22-13-8-7-10-19(22)3)24(21)27-17-16-26-25(27)20-11-5-4-6-12-20/h4-18H,1-3H3. The number of para-hydroxylation sites is 1. The predicted octanol–water partition coefficient (Wildman–Crippen LogP) is 6.64. The first-order valence-corrected chi connectivity index (χ1v) is 9.45. The lowest BCUT2D eigenvalue weighted by Crippen LogP contribution is -2.05. The molecular weight excluding hydrogens is 328 g/mol. The second kappa shape index (κ2) is 7.24. The number of nitrogens with zero attached hydrogens (tertiary/aromatic N) is 2. The van der Waals surface area contributed by atoms with Crippen LogP contribution in [0.15, 0.2) is 85.2 Å². The van der Waals surface area contributed by atoms with E-state index >= 15 is 0 Å². The summed E-state index contributed by atoms with van der Waals surface area (Å²) in [5.74, 6) is 1.38. The highest BCUT2D eigenvalue weighted by Gasteiger charge is 2.18. The van der Waals surface area contributed by atoms with Gasteiger partial charge in [0.15, 0.2) is 0 Å². The van der Waals surface area contributed by atoms with E-state index in [1.807, 2.05) is 12.3 Å². The molecule has 2 heteroatoms. The molecule has 134 valence electrons. The number of aryl methyl sites for hydroxylation is 1. The van der Waals surface area contributed by atoms with Crippen LogP contribution in [0.2, 0.25) is 0 Å². The summed E-state index contributed by atoms with van der Waals surface area (Å²) in [5.41, 5.74) is 7.46. The Morgan fingerprint density at radius 1 is 0.778 bits per heavy atom. The summed E-state index contributed by atoms with van der Waals surface area (Å²) in [5, 5.41) is 0. The maximum Gasteiger partial charge on any atom is 0.144 e. The summed E-state index contributed by atoms with van der Waals surface area (Å²) in [6.07, 6.45) is 3.96. The van der Waals surface area contributed by atoms with Gasteiger partial charge in [-0.2, -0.15) is 0 Å². The van der Waals surface area contributed by atoms with Crippen molar-refractivity contribution in [1.82, 2.24) is 9.55 Å². The number of rotatable bonds is 4. The van der Waals surface area contributed by atoms with Crippen molar-refractivity contribution in [2.75, 3.05) is 0 Å². The van der Waals surface area contributed by atoms with E-state index in [1.165, 1.54) is 27.9 Å². The Balaban J connectivity index is 2.02. The molecule has 0 atom stereocenters. The van der Waals surface area contributed by atoms with Crippen LogP contribution < -0.4 is 0 Å². The molecule has 0 aliphatic heterocycles. The van der Waals surface area contributed by atoms with Gasteiger partial charge in [0.25, 0.3) is 0 Å². The fourth-order valence-electron chi connectivity index (χ4n) is 3.67. The van der Waals surface area contributed by atoms with Gasteiger partial charge in [0.2, 0.25) is 0 Å². The predicted molar refractivity (Wildman–Crippen MR) is 113 cm³/mol. The van der Waals surface area contributed by atoms with Gasteiger partial charge in [-0.15, -0.1) is 0 Å². The van der Waals surface area contributed by atoms with E-state index in [0.717, 1.165) is 11.4 Å². The van der Waals surface area contributed by atoms with Crippen LogP contribution in [-0.4, -0.2) is 9.55 Å². The first kappa shape index (κ1) is 17.3. The SMILES string of the molecule is Cc1ccccc1-c1cccc(C(C)C)c1-n1ccnc1-c1ccccc1. The normalized spacial score (nSPS) is 11.1. The number of hydrogen-bond acceptors (Lipinski definition) is 1. The minimum absolute atomic E-state index is 0.412. The molecule has 0 saturated carbocycles. The molecule has 0 fully saturated rings. The zero-order chi connectivity index (χ0) is 18.8. The molecular formula is C25H24N2. The van der Waals surface area contributed by atoms with Crippen molar-refractivity contribution < 1.29 is 0 Å². The highest BCUT2D eigenvalue weighted by molar-refractivity contribution is 5.79. The van der Waals surface area contributed by atoms with Crippen LogP contribution in [0.3, 0.4) is 0 Å². The van der Waals surface area contributed by atoms with Gasteiger partial charge in [-0.25, -0.2) is 4.98 Å². The van der Waals surface area contributed by atoms with Crippen LogP contribution >= 0.6 is 0 Å².